The number of carbonyl (C=O) groups is 2. The van der Waals surface area contributed by atoms with E-state index in [-0.39, 0.29) is 31.7 Å². The number of aliphatic hydroxyl groups is 1. The summed E-state index contributed by atoms with van der Waals surface area (Å²) in [6.07, 6.45) is -1.22. The Labute approximate surface area is 125 Å². The fourth-order valence-corrected chi connectivity index (χ4v) is 3.15. The van der Waals surface area contributed by atoms with E-state index in [1.807, 2.05) is 0 Å². The van der Waals surface area contributed by atoms with Crippen LogP contribution >= 0.6 is 0 Å². The van der Waals surface area contributed by atoms with Gasteiger partial charge >= 0.3 is 0 Å². The lowest BCUT2D eigenvalue weighted by atomic mass is 9.96. The first-order valence-electron chi connectivity index (χ1n) is 7.15. The second-order valence-electron chi connectivity index (χ2n) is 5.67. The van der Waals surface area contributed by atoms with Crippen LogP contribution in [0.15, 0.2) is 18.2 Å². The van der Waals surface area contributed by atoms with Gasteiger partial charge in [0.2, 0.25) is 11.8 Å². The third kappa shape index (κ3) is 2.45. The molecule has 2 heterocycles. The van der Waals surface area contributed by atoms with Gasteiger partial charge in [-0.3, -0.25) is 9.59 Å². The molecule has 2 aliphatic rings. The van der Waals surface area contributed by atoms with Crippen LogP contribution in [0.5, 0.6) is 0 Å². The number of nitrogens with zero attached hydrogens (tertiary/aromatic N) is 1. The quantitative estimate of drug-likeness (QED) is 0.881. The van der Waals surface area contributed by atoms with Crippen LogP contribution in [0.2, 0.25) is 0 Å². The van der Waals surface area contributed by atoms with Crippen molar-refractivity contribution in [1.29, 1.82) is 0 Å². The van der Waals surface area contributed by atoms with Crippen molar-refractivity contribution in [2.24, 2.45) is 0 Å². The van der Waals surface area contributed by atoms with Crippen molar-refractivity contribution in [3.05, 3.63) is 29.6 Å². The molecule has 1 fully saturated rings. The molecule has 0 aromatic heterocycles. The molecule has 3 rings (SSSR count). The first kappa shape index (κ1) is 14.9. The summed E-state index contributed by atoms with van der Waals surface area (Å²) in [5.41, 5.74) is 0.545. The number of hydrogen-bond donors (Lipinski definition) is 2. The van der Waals surface area contributed by atoms with E-state index in [1.54, 1.807) is 6.07 Å². The Morgan fingerprint density at radius 1 is 1.45 bits per heavy atom. The zero-order valence-electron chi connectivity index (χ0n) is 11.8. The number of benzene rings is 1. The first-order valence-corrected chi connectivity index (χ1v) is 7.15. The summed E-state index contributed by atoms with van der Waals surface area (Å²) < 4.78 is 27.1. The average molecular weight is 310 g/mol. The van der Waals surface area contributed by atoms with Crippen LogP contribution in [0, 0.1) is 5.82 Å². The number of likely N-dealkylation sites (tertiary alicyclic amines) is 1. The first-order chi connectivity index (χ1) is 10.5. The Morgan fingerprint density at radius 2 is 2.23 bits per heavy atom. The maximum absolute atomic E-state index is 13.7. The van der Waals surface area contributed by atoms with Crippen LogP contribution in [0.4, 0.5) is 14.5 Å². The third-order valence-electron chi connectivity index (χ3n) is 4.26. The van der Waals surface area contributed by atoms with Crippen molar-refractivity contribution < 1.29 is 23.5 Å². The molecule has 0 saturated carbocycles. The van der Waals surface area contributed by atoms with E-state index in [4.69, 9.17) is 0 Å². The standard InChI is InChI=1S/C15H16F2N2O3/c16-8-4-9(7-20)19(6-8)13(21)5-11-10-2-1-3-12(17)14(10)18-15(11)22/h1-3,8-9,11,20H,4-7H2,(H,18,22)/t8-,9-,11?/m0/s1. The molecule has 2 amide bonds. The van der Waals surface area contributed by atoms with E-state index >= 15 is 0 Å². The van der Waals surface area contributed by atoms with Crippen LogP contribution < -0.4 is 5.32 Å². The van der Waals surface area contributed by atoms with Crippen molar-refractivity contribution in [2.75, 3.05) is 18.5 Å². The number of carbonyl (C=O) groups excluding carboxylic acids is 2. The summed E-state index contributed by atoms with van der Waals surface area (Å²) >= 11 is 0. The lowest BCUT2D eigenvalue weighted by molar-refractivity contribution is -0.135. The Balaban J connectivity index is 1.78. The molecule has 0 aliphatic carbocycles. The van der Waals surface area contributed by atoms with E-state index in [1.165, 1.54) is 17.0 Å². The average Bonchev–Trinajstić information content (AvgIpc) is 3.01. The zero-order valence-corrected chi connectivity index (χ0v) is 11.8. The largest absolute Gasteiger partial charge is 0.394 e. The minimum absolute atomic E-state index is 0.0750. The number of alkyl halides is 1. The molecule has 2 N–H and O–H groups in total. The number of anilines is 1. The molecule has 1 saturated heterocycles. The topological polar surface area (TPSA) is 69.6 Å². The normalized spacial score (nSPS) is 27.0. The molecule has 2 aliphatic heterocycles. The molecular formula is C15H16F2N2O3. The summed E-state index contributed by atoms with van der Waals surface area (Å²) in [7, 11) is 0. The van der Waals surface area contributed by atoms with E-state index in [2.05, 4.69) is 5.32 Å². The number of para-hydroxylation sites is 1. The Kier molecular flexibility index (Phi) is 3.82. The SMILES string of the molecule is O=C1Nc2c(F)cccc2C1CC(=O)N1C[C@@H](F)C[C@H]1CO. The summed E-state index contributed by atoms with van der Waals surface area (Å²) in [5, 5.41) is 11.7. The van der Waals surface area contributed by atoms with E-state index in [9.17, 15) is 23.5 Å². The molecule has 22 heavy (non-hydrogen) atoms. The van der Waals surface area contributed by atoms with Crippen LogP contribution in [-0.4, -0.2) is 47.2 Å². The molecule has 0 radical (unpaired) electrons. The highest BCUT2D eigenvalue weighted by Gasteiger charge is 2.39. The highest BCUT2D eigenvalue weighted by molar-refractivity contribution is 6.05. The predicted octanol–water partition coefficient (Wildman–Crippen LogP) is 1.18. The van der Waals surface area contributed by atoms with Crippen molar-refractivity contribution in [3.8, 4) is 0 Å². The lowest BCUT2D eigenvalue weighted by Crippen LogP contribution is -2.39. The number of hydrogen-bond acceptors (Lipinski definition) is 3. The van der Waals surface area contributed by atoms with Crippen LogP contribution in [0.25, 0.3) is 0 Å². The fourth-order valence-electron chi connectivity index (χ4n) is 3.15. The number of nitrogens with one attached hydrogen (secondary N) is 1. The fraction of sp³-hybridized carbons (Fsp3) is 0.467. The van der Waals surface area contributed by atoms with Gasteiger partial charge in [0.1, 0.15) is 12.0 Å². The monoisotopic (exact) mass is 310 g/mol. The second kappa shape index (κ2) is 5.64. The molecule has 5 nitrogen and oxygen atoms in total. The van der Waals surface area contributed by atoms with Crippen LogP contribution in [-0.2, 0) is 9.59 Å². The predicted molar refractivity (Wildman–Crippen MR) is 74.5 cm³/mol. The summed E-state index contributed by atoms with van der Waals surface area (Å²) in [6, 6.07) is 3.76. The second-order valence-corrected chi connectivity index (χ2v) is 5.67. The van der Waals surface area contributed by atoms with Gasteiger partial charge < -0.3 is 15.3 Å². The maximum atomic E-state index is 13.7. The van der Waals surface area contributed by atoms with Gasteiger partial charge in [0, 0.05) is 12.8 Å². The van der Waals surface area contributed by atoms with Gasteiger partial charge in [0.25, 0.3) is 0 Å². The molecule has 1 unspecified atom stereocenters. The van der Waals surface area contributed by atoms with Gasteiger partial charge in [0.05, 0.1) is 30.8 Å². The third-order valence-corrected chi connectivity index (χ3v) is 4.26. The van der Waals surface area contributed by atoms with Crippen molar-refractivity contribution in [2.45, 2.75) is 31.0 Å². The molecule has 3 atom stereocenters. The van der Waals surface area contributed by atoms with Crippen LogP contribution in [0.1, 0.15) is 24.3 Å². The van der Waals surface area contributed by atoms with E-state index in [0.717, 1.165) is 0 Å². The minimum Gasteiger partial charge on any atom is -0.394 e. The number of aliphatic hydroxyl groups excluding tert-OH is 1. The van der Waals surface area contributed by atoms with Gasteiger partial charge in [-0.2, -0.15) is 0 Å². The molecule has 0 spiro atoms. The molecule has 7 heteroatoms. The molecule has 0 bridgehead atoms. The van der Waals surface area contributed by atoms with Gasteiger partial charge in [-0.1, -0.05) is 12.1 Å². The van der Waals surface area contributed by atoms with Crippen molar-refractivity contribution in [1.82, 2.24) is 4.90 Å². The molecule has 118 valence electrons. The number of rotatable bonds is 3. The smallest absolute Gasteiger partial charge is 0.232 e. The van der Waals surface area contributed by atoms with Gasteiger partial charge in [-0.25, -0.2) is 8.78 Å². The molecule has 1 aromatic rings. The minimum atomic E-state index is -1.16. The number of amides is 2. The summed E-state index contributed by atoms with van der Waals surface area (Å²) in [4.78, 5) is 25.6. The Bertz CT molecular complexity index is 623. The zero-order chi connectivity index (χ0) is 15.9. The van der Waals surface area contributed by atoms with Crippen molar-refractivity contribution >= 4 is 17.5 Å². The number of fused-ring (bicyclic) bond motifs is 1. The van der Waals surface area contributed by atoms with Gasteiger partial charge in [0.15, 0.2) is 0 Å². The van der Waals surface area contributed by atoms with Gasteiger partial charge in [-0.05, 0) is 11.6 Å². The molecular weight excluding hydrogens is 294 g/mol. The summed E-state index contributed by atoms with van der Waals surface area (Å²) in [6.45, 7) is -0.386. The summed E-state index contributed by atoms with van der Waals surface area (Å²) in [5.74, 6) is -2.17. The maximum Gasteiger partial charge on any atom is 0.232 e. The van der Waals surface area contributed by atoms with Crippen molar-refractivity contribution in [3.63, 3.8) is 0 Å². The van der Waals surface area contributed by atoms with E-state index in [0.29, 0.717) is 5.56 Å². The van der Waals surface area contributed by atoms with Crippen LogP contribution in [0.3, 0.4) is 0 Å². The lowest BCUT2D eigenvalue weighted by Gasteiger charge is -2.23. The Morgan fingerprint density at radius 3 is 2.95 bits per heavy atom. The highest BCUT2D eigenvalue weighted by atomic mass is 19.1. The van der Waals surface area contributed by atoms with Gasteiger partial charge in [-0.15, -0.1) is 0 Å². The number of halogens is 2. The van der Waals surface area contributed by atoms with E-state index < -0.39 is 35.8 Å². The Hall–Kier alpha value is -2.02. The molecule has 1 aromatic carbocycles. The highest BCUT2D eigenvalue weighted by Crippen LogP contribution is 2.37.